The van der Waals surface area contributed by atoms with Gasteiger partial charge in [0.05, 0.1) is 32.1 Å². The van der Waals surface area contributed by atoms with Crippen molar-refractivity contribution in [3.63, 3.8) is 0 Å². The first kappa shape index (κ1) is 28.2. The number of Topliss-reactive ketones (excluding diaryl/α,β-unsaturated/α-hetero) is 1. The molecule has 0 radical (unpaired) electrons. The second kappa shape index (κ2) is 13.7. The van der Waals surface area contributed by atoms with Crippen molar-refractivity contribution in [1.29, 1.82) is 0 Å². The number of halogens is 2. The standard InChI is InChI=1S/C24H29Cl2N3O6/c1-6-32-17-11-10-12-18(33-7-2)23(17)29(26)24(31)22(15(5)30)28-27-16-13-19(34-8-3)21(25)20(14-16)35-9-4/h10-14,22H,6-9H2,1-5H3. The first-order valence-electron chi connectivity index (χ1n) is 11.2. The zero-order valence-corrected chi connectivity index (χ0v) is 21.9. The second-order valence-corrected chi connectivity index (χ2v) is 7.65. The molecular formula is C24H29Cl2N3O6. The third-order valence-corrected chi connectivity index (χ3v) is 5.16. The lowest BCUT2D eigenvalue weighted by molar-refractivity contribution is -0.126. The summed E-state index contributed by atoms with van der Waals surface area (Å²) >= 11 is 12.7. The predicted molar refractivity (Wildman–Crippen MR) is 135 cm³/mol. The Kier molecular flexibility index (Phi) is 11.1. The third-order valence-electron chi connectivity index (χ3n) is 4.45. The summed E-state index contributed by atoms with van der Waals surface area (Å²) in [5.74, 6) is -0.0558. The molecule has 0 heterocycles. The summed E-state index contributed by atoms with van der Waals surface area (Å²) < 4.78 is 23.1. The summed E-state index contributed by atoms with van der Waals surface area (Å²) in [6.07, 6.45) is 0. The van der Waals surface area contributed by atoms with Gasteiger partial charge in [0.15, 0.2) is 5.78 Å². The number of para-hydroxylation sites is 1. The average molecular weight is 526 g/mol. The molecule has 0 saturated carbocycles. The highest BCUT2D eigenvalue weighted by molar-refractivity contribution is 6.40. The van der Waals surface area contributed by atoms with Gasteiger partial charge in [0.1, 0.15) is 33.7 Å². The van der Waals surface area contributed by atoms with Gasteiger partial charge in [0.2, 0.25) is 6.04 Å². The minimum atomic E-state index is -1.52. The van der Waals surface area contributed by atoms with Crippen LogP contribution in [0.25, 0.3) is 0 Å². The molecule has 0 fully saturated rings. The van der Waals surface area contributed by atoms with Crippen LogP contribution in [0.2, 0.25) is 5.02 Å². The zero-order chi connectivity index (χ0) is 26.0. The molecule has 0 aliphatic carbocycles. The molecular weight excluding hydrogens is 497 g/mol. The monoisotopic (exact) mass is 525 g/mol. The molecule has 11 heteroatoms. The van der Waals surface area contributed by atoms with Crippen molar-refractivity contribution in [2.75, 3.05) is 30.8 Å². The molecule has 2 rings (SSSR count). The first-order valence-corrected chi connectivity index (χ1v) is 11.9. The number of benzene rings is 2. The van der Waals surface area contributed by atoms with Crippen LogP contribution < -0.4 is 23.4 Å². The normalized spacial score (nSPS) is 11.7. The quantitative estimate of drug-likeness (QED) is 0.176. The van der Waals surface area contributed by atoms with Gasteiger partial charge in [0.25, 0.3) is 5.91 Å². The Balaban J connectivity index is 2.44. The van der Waals surface area contributed by atoms with E-state index in [2.05, 4.69) is 10.2 Å². The Labute approximate surface area is 215 Å². The number of ketones is 1. The number of hydrogen-bond donors (Lipinski definition) is 0. The molecule has 2 aromatic carbocycles. The highest BCUT2D eigenvalue weighted by Gasteiger charge is 2.32. The van der Waals surface area contributed by atoms with Crippen molar-refractivity contribution < 1.29 is 28.5 Å². The van der Waals surface area contributed by atoms with E-state index in [1.807, 2.05) is 0 Å². The maximum atomic E-state index is 13.3. The van der Waals surface area contributed by atoms with Gasteiger partial charge in [0, 0.05) is 23.9 Å². The van der Waals surface area contributed by atoms with Crippen LogP contribution in [-0.4, -0.2) is 44.2 Å². The van der Waals surface area contributed by atoms with Crippen molar-refractivity contribution >= 4 is 46.4 Å². The lowest BCUT2D eigenvalue weighted by Crippen LogP contribution is -2.36. The molecule has 2 aromatic rings. The number of amides is 1. The number of hydrogen-bond acceptors (Lipinski definition) is 8. The van der Waals surface area contributed by atoms with Crippen LogP contribution in [0, 0.1) is 0 Å². The van der Waals surface area contributed by atoms with Crippen LogP contribution in [0.1, 0.15) is 34.6 Å². The molecule has 0 aromatic heterocycles. The molecule has 0 spiro atoms. The van der Waals surface area contributed by atoms with E-state index in [0.717, 1.165) is 4.42 Å². The predicted octanol–water partition coefficient (Wildman–Crippen LogP) is 6.16. The average Bonchev–Trinajstić information content (AvgIpc) is 2.82. The Bertz CT molecular complexity index is 1010. The summed E-state index contributed by atoms with van der Waals surface area (Å²) in [5.41, 5.74) is 0.458. The maximum absolute atomic E-state index is 13.3. The van der Waals surface area contributed by atoms with Crippen molar-refractivity contribution in [1.82, 2.24) is 0 Å². The summed E-state index contributed by atoms with van der Waals surface area (Å²) in [7, 11) is 0. The molecule has 0 aliphatic rings. The molecule has 35 heavy (non-hydrogen) atoms. The lowest BCUT2D eigenvalue weighted by Gasteiger charge is -2.22. The number of carbonyl (C=O) groups excluding carboxylic acids is 2. The van der Waals surface area contributed by atoms with Gasteiger partial charge >= 0.3 is 0 Å². The number of carbonyl (C=O) groups is 2. The fourth-order valence-electron chi connectivity index (χ4n) is 3.02. The van der Waals surface area contributed by atoms with E-state index in [-0.39, 0.29) is 16.4 Å². The summed E-state index contributed by atoms with van der Waals surface area (Å²) in [4.78, 5) is 25.6. The van der Waals surface area contributed by atoms with E-state index in [1.54, 1.807) is 45.9 Å². The van der Waals surface area contributed by atoms with Crippen LogP contribution in [0.15, 0.2) is 40.6 Å². The van der Waals surface area contributed by atoms with Crippen LogP contribution in [0.4, 0.5) is 11.4 Å². The minimum absolute atomic E-state index is 0.174. The third kappa shape index (κ3) is 7.22. The number of azo groups is 1. The Hall–Kier alpha value is -3.04. The fourth-order valence-corrected chi connectivity index (χ4v) is 3.50. The minimum Gasteiger partial charge on any atom is -0.492 e. The van der Waals surface area contributed by atoms with Crippen molar-refractivity contribution in [3.05, 3.63) is 35.4 Å². The van der Waals surface area contributed by atoms with Crippen LogP contribution >= 0.6 is 23.4 Å². The van der Waals surface area contributed by atoms with Gasteiger partial charge in [-0.1, -0.05) is 17.7 Å². The van der Waals surface area contributed by atoms with Crippen molar-refractivity contribution in [2.45, 2.75) is 40.7 Å². The molecule has 0 aliphatic heterocycles. The van der Waals surface area contributed by atoms with Crippen LogP contribution in [0.5, 0.6) is 23.0 Å². The molecule has 0 N–H and O–H groups in total. The van der Waals surface area contributed by atoms with E-state index in [0.29, 0.717) is 49.4 Å². The number of anilines is 1. The molecule has 1 unspecified atom stereocenters. The number of nitrogens with zero attached hydrogens (tertiary/aromatic N) is 3. The lowest BCUT2D eigenvalue weighted by atomic mass is 10.2. The molecule has 0 bridgehead atoms. The summed E-state index contributed by atoms with van der Waals surface area (Å²) in [6, 6.07) is 6.56. The van der Waals surface area contributed by atoms with Gasteiger partial charge in [-0.05, 0) is 46.8 Å². The smallest absolute Gasteiger partial charge is 0.276 e. The van der Waals surface area contributed by atoms with E-state index in [4.69, 9.17) is 42.3 Å². The molecule has 1 atom stereocenters. The van der Waals surface area contributed by atoms with Crippen molar-refractivity contribution in [2.24, 2.45) is 10.2 Å². The largest absolute Gasteiger partial charge is 0.492 e. The Morgan fingerprint density at radius 1 is 0.886 bits per heavy atom. The maximum Gasteiger partial charge on any atom is 0.276 e. The Morgan fingerprint density at radius 3 is 1.77 bits per heavy atom. The molecule has 190 valence electrons. The van der Waals surface area contributed by atoms with Gasteiger partial charge in [-0.3, -0.25) is 9.59 Å². The highest BCUT2D eigenvalue weighted by Crippen LogP contribution is 2.41. The van der Waals surface area contributed by atoms with Gasteiger partial charge in [-0.2, -0.15) is 10.2 Å². The van der Waals surface area contributed by atoms with Gasteiger partial charge in [-0.25, -0.2) is 4.42 Å². The van der Waals surface area contributed by atoms with E-state index in [1.165, 1.54) is 19.1 Å². The van der Waals surface area contributed by atoms with E-state index < -0.39 is 17.7 Å². The highest BCUT2D eigenvalue weighted by atomic mass is 35.5. The van der Waals surface area contributed by atoms with Gasteiger partial charge in [-0.15, -0.1) is 0 Å². The SMILES string of the molecule is CCOc1cc(N=NC(C(C)=O)C(=O)N(Cl)c2c(OCC)cccc2OCC)cc(OCC)c1Cl. The van der Waals surface area contributed by atoms with Crippen molar-refractivity contribution in [3.8, 4) is 23.0 Å². The van der Waals surface area contributed by atoms with Crippen LogP contribution in [-0.2, 0) is 9.59 Å². The number of ether oxygens (including phenoxy) is 4. The molecule has 0 saturated heterocycles. The van der Waals surface area contributed by atoms with Gasteiger partial charge < -0.3 is 18.9 Å². The number of rotatable bonds is 13. The first-order chi connectivity index (χ1) is 16.8. The summed E-state index contributed by atoms with van der Waals surface area (Å²) in [5, 5.41) is 8.36. The zero-order valence-electron chi connectivity index (χ0n) is 20.3. The molecule has 9 nitrogen and oxygen atoms in total. The van der Waals surface area contributed by atoms with E-state index in [9.17, 15) is 9.59 Å². The molecule has 1 amide bonds. The fraction of sp³-hybridized carbons (Fsp3) is 0.417. The van der Waals surface area contributed by atoms with E-state index >= 15 is 0 Å². The second-order valence-electron chi connectivity index (χ2n) is 6.94. The Morgan fingerprint density at radius 2 is 1.34 bits per heavy atom. The van der Waals surface area contributed by atoms with Crippen LogP contribution in [0.3, 0.4) is 0 Å². The summed E-state index contributed by atoms with van der Waals surface area (Å²) in [6.45, 7) is 9.82. The topological polar surface area (TPSA) is 99.0 Å².